The lowest BCUT2D eigenvalue weighted by Gasteiger charge is -2.25. The molecule has 0 bridgehead atoms. The zero-order valence-corrected chi connectivity index (χ0v) is 10.4. The van der Waals surface area contributed by atoms with Crippen molar-refractivity contribution in [2.24, 2.45) is 0 Å². The second-order valence-electron chi connectivity index (χ2n) is 4.64. The van der Waals surface area contributed by atoms with E-state index in [9.17, 15) is 4.79 Å². The zero-order valence-electron chi connectivity index (χ0n) is 10.4. The van der Waals surface area contributed by atoms with E-state index < -0.39 is 6.09 Å². The predicted molar refractivity (Wildman–Crippen MR) is 69.8 cm³/mol. The topological polar surface area (TPSA) is 45.5 Å². The van der Waals surface area contributed by atoms with E-state index in [1.54, 1.807) is 0 Å². The lowest BCUT2D eigenvalue weighted by molar-refractivity contribution is 0.139. The van der Waals surface area contributed by atoms with E-state index in [-0.39, 0.29) is 0 Å². The van der Waals surface area contributed by atoms with E-state index in [0.29, 0.717) is 13.1 Å². The lowest BCUT2D eigenvalue weighted by Crippen LogP contribution is -2.35. The van der Waals surface area contributed by atoms with Crippen LogP contribution in [-0.4, -0.2) is 27.2 Å². The van der Waals surface area contributed by atoms with Gasteiger partial charge in [0.25, 0.3) is 0 Å². The summed E-state index contributed by atoms with van der Waals surface area (Å²) in [6.45, 7) is 4.18. The molecule has 4 heteroatoms. The van der Waals surface area contributed by atoms with Gasteiger partial charge < -0.3 is 14.6 Å². The fourth-order valence-electron chi connectivity index (χ4n) is 2.93. The van der Waals surface area contributed by atoms with Crippen LogP contribution in [0.15, 0.2) is 24.3 Å². The molecule has 1 aliphatic heterocycles. The van der Waals surface area contributed by atoms with Crippen LogP contribution in [-0.2, 0) is 19.5 Å². The smallest absolute Gasteiger partial charge is 0.407 e. The van der Waals surface area contributed by atoms with Crippen molar-refractivity contribution in [3.05, 3.63) is 35.5 Å². The Bertz CT molecular complexity index is 616. The third kappa shape index (κ3) is 1.49. The van der Waals surface area contributed by atoms with Crippen molar-refractivity contribution < 1.29 is 9.90 Å². The van der Waals surface area contributed by atoms with Crippen molar-refractivity contribution in [3.8, 4) is 0 Å². The first-order chi connectivity index (χ1) is 8.72. The van der Waals surface area contributed by atoms with Gasteiger partial charge in [-0.1, -0.05) is 18.2 Å². The summed E-state index contributed by atoms with van der Waals surface area (Å²) in [6.07, 6.45) is -0.0153. The highest BCUT2D eigenvalue weighted by Crippen LogP contribution is 2.30. The summed E-state index contributed by atoms with van der Waals surface area (Å²) in [6, 6.07) is 8.26. The highest BCUT2D eigenvalue weighted by Gasteiger charge is 2.25. The number of carbonyl (C=O) groups is 1. The van der Waals surface area contributed by atoms with Gasteiger partial charge in [-0.3, -0.25) is 0 Å². The van der Waals surface area contributed by atoms with E-state index in [1.165, 1.54) is 27.1 Å². The van der Waals surface area contributed by atoms with Gasteiger partial charge >= 0.3 is 6.09 Å². The van der Waals surface area contributed by atoms with Gasteiger partial charge in [0.05, 0.1) is 6.54 Å². The molecule has 1 aromatic carbocycles. The second kappa shape index (κ2) is 4.05. The molecular weight excluding hydrogens is 228 g/mol. The van der Waals surface area contributed by atoms with Crippen molar-refractivity contribution in [1.29, 1.82) is 0 Å². The third-order valence-electron chi connectivity index (χ3n) is 3.75. The number of fused-ring (bicyclic) bond motifs is 3. The average molecular weight is 244 g/mol. The number of aryl methyl sites for hydroxylation is 1. The molecule has 4 nitrogen and oxygen atoms in total. The maximum absolute atomic E-state index is 11.1. The molecule has 3 rings (SSSR count). The molecule has 1 aliphatic rings. The molecule has 0 spiro atoms. The highest BCUT2D eigenvalue weighted by atomic mass is 16.4. The van der Waals surface area contributed by atoms with Crippen LogP contribution in [0.1, 0.15) is 18.2 Å². The fourth-order valence-corrected chi connectivity index (χ4v) is 2.93. The largest absolute Gasteiger partial charge is 0.465 e. The monoisotopic (exact) mass is 244 g/mol. The predicted octanol–water partition coefficient (Wildman–Crippen LogP) is 2.70. The summed E-state index contributed by atoms with van der Waals surface area (Å²) in [4.78, 5) is 12.6. The summed E-state index contributed by atoms with van der Waals surface area (Å²) in [5.74, 6) is 0. The minimum absolute atomic E-state index is 0.512. The van der Waals surface area contributed by atoms with E-state index in [0.717, 1.165) is 13.0 Å². The Morgan fingerprint density at radius 2 is 2.17 bits per heavy atom. The molecule has 94 valence electrons. The maximum Gasteiger partial charge on any atom is 0.407 e. The van der Waals surface area contributed by atoms with Crippen LogP contribution >= 0.6 is 0 Å². The van der Waals surface area contributed by atoms with Crippen LogP contribution in [0.25, 0.3) is 10.9 Å². The molecule has 0 atom stereocenters. The van der Waals surface area contributed by atoms with E-state index in [1.807, 2.05) is 12.1 Å². The van der Waals surface area contributed by atoms with Crippen molar-refractivity contribution in [1.82, 2.24) is 9.47 Å². The Morgan fingerprint density at radius 1 is 1.39 bits per heavy atom. The quantitative estimate of drug-likeness (QED) is 0.838. The van der Waals surface area contributed by atoms with Crippen LogP contribution < -0.4 is 0 Å². The average Bonchev–Trinajstić information content (AvgIpc) is 2.71. The molecule has 1 aromatic heterocycles. The summed E-state index contributed by atoms with van der Waals surface area (Å²) < 4.78 is 2.31. The second-order valence-corrected chi connectivity index (χ2v) is 4.64. The molecular formula is C14H16N2O2. The lowest BCUT2D eigenvalue weighted by atomic mass is 10.1. The summed E-state index contributed by atoms with van der Waals surface area (Å²) >= 11 is 0. The molecule has 1 N–H and O–H groups in total. The van der Waals surface area contributed by atoms with Crippen molar-refractivity contribution in [3.63, 3.8) is 0 Å². The molecule has 0 saturated heterocycles. The number of hydrogen-bond donors (Lipinski definition) is 1. The first-order valence-electron chi connectivity index (χ1n) is 6.29. The molecule has 0 saturated carbocycles. The summed E-state index contributed by atoms with van der Waals surface area (Å²) in [5.41, 5.74) is 3.70. The molecule has 0 radical (unpaired) electrons. The normalized spacial score (nSPS) is 14.8. The molecule has 2 aromatic rings. The highest BCUT2D eigenvalue weighted by molar-refractivity contribution is 5.86. The molecule has 2 heterocycles. The van der Waals surface area contributed by atoms with E-state index >= 15 is 0 Å². The number of nitrogens with zero attached hydrogens (tertiary/aromatic N) is 2. The molecule has 0 unspecified atom stereocenters. The SMILES string of the molecule is CCn1c2c(c3ccccc31)CN(C(=O)O)CC2. The Hall–Kier alpha value is -1.97. The van der Waals surface area contributed by atoms with Crippen molar-refractivity contribution in [2.75, 3.05) is 6.54 Å². The van der Waals surface area contributed by atoms with Gasteiger partial charge in [0, 0.05) is 41.7 Å². The number of benzene rings is 1. The summed E-state index contributed by atoms with van der Waals surface area (Å²) in [7, 11) is 0. The molecule has 1 amide bonds. The molecule has 0 aliphatic carbocycles. The van der Waals surface area contributed by atoms with Gasteiger partial charge in [0.15, 0.2) is 0 Å². The number of para-hydroxylation sites is 1. The Kier molecular flexibility index (Phi) is 2.51. The molecule has 18 heavy (non-hydrogen) atoms. The minimum atomic E-state index is -0.825. The van der Waals surface area contributed by atoms with E-state index in [4.69, 9.17) is 5.11 Å². The van der Waals surface area contributed by atoms with Gasteiger partial charge in [0.2, 0.25) is 0 Å². The third-order valence-corrected chi connectivity index (χ3v) is 3.75. The van der Waals surface area contributed by atoms with E-state index in [2.05, 4.69) is 23.6 Å². The van der Waals surface area contributed by atoms with Crippen molar-refractivity contribution >= 4 is 17.0 Å². The standard InChI is InChI=1S/C14H16N2O2/c1-2-16-12-6-4-3-5-10(12)11-9-15(14(17)18)8-7-13(11)16/h3-6H,2,7-9H2,1H3,(H,17,18). The Labute approximate surface area is 105 Å². The van der Waals surface area contributed by atoms with Crippen LogP contribution in [0.3, 0.4) is 0 Å². The number of hydrogen-bond acceptors (Lipinski definition) is 1. The maximum atomic E-state index is 11.1. The van der Waals surface area contributed by atoms with Gasteiger partial charge in [-0.2, -0.15) is 0 Å². The first kappa shape index (κ1) is 11.1. The van der Waals surface area contributed by atoms with Crippen LogP contribution in [0.4, 0.5) is 4.79 Å². The molecule has 0 fully saturated rings. The van der Waals surface area contributed by atoms with Gasteiger partial charge in [-0.05, 0) is 13.0 Å². The number of amides is 1. The van der Waals surface area contributed by atoms with Crippen LogP contribution in [0, 0.1) is 0 Å². The Balaban J connectivity index is 2.19. The number of rotatable bonds is 1. The van der Waals surface area contributed by atoms with Gasteiger partial charge in [-0.15, -0.1) is 0 Å². The van der Waals surface area contributed by atoms with Gasteiger partial charge in [-0.25, -0.2) is 4.79 Å². The van der Waals surface area contributed by atoms with Crippen LogP contribution in [0.5, 0.6) is 0 Å². The zero-order chi connectivity index (χ0) is 12.7. The summed E-state index contributed by atoms with van der Waals surface area (Å²) in [5, 5.41) is 10.3. The van der Waals surface area contributed by atoms with Crippen molar-refractivity contribution in [2.45, 2.75) is 26.4 Å². The minimum Gasteiger partial charge on any atom is -0.465 e. The Morgan fingerprint density at radius 3 is 2.89 bits per heavy atom. The van der Waals surface area contributed by atoms with Gasteiger partial charge in [0.1, 0.15) is 0 Å². The fraction of sp³-hybridized carbons (Fsp3) is 0.357. The first-order valence-corrected chi connectivity index (χ1v) is 6.29. The number of carboxylic acid groups (broad SMARTS) is 1. The van der Waals surface area contributed by atoms with Crippen LogP contribution in [0.2, 0.25) is 0 Å². The number of aromatic nitrogens is 1.